The molecule has 0 radical (unpaired) electrons. The van der Waals surface area contributed by atoms with E-state index < -0.39 is 0 Å². The molecule has 0 saturated carbocycles. The van der Waals surface area contributed by atoms with Crippen LogP contribution in [0.25, 0.3) is 0 Å². The van der Waals surface area contributed by atoms with Crippen molar-refractivity contribution in [3.8, 4) is 0 Å². The van der Waals surface area contributed by atoms with Crippen molar-refractivity contribution in [2.75, 3.05) is 6.54 Å². The molecule has 1 aliphatic rings. The van der Waals surface area contributed by atoms with Crippen LogP contribution in [0.15, 0.2) is 18.3 Å². The lowest BCUT2D eigenvalue weighted by Crippen LogP contribution is -2.36. The van der Waals surface area contributed by atoms with Gasteiger partial charge in [-0.25, -0.2) is 0 Å². The summed E-state index contributed by atoms with van der Waals surface area (Å²) in [5.41, 5.74) is 8.34. The monoisotopic (exact) mass is 205 g/mol. The smallest absolute Gasteiger partial charge is 0.0544 e. The zero-order valence-electron chi connectivity index (χ0n) is 9.48. The van der Waals surface area contributed by atoms with Crippen LogP contribution >= 0.6 is 0 Å². The fourth-order valence-corrected chi connectivity index (χ4v) is 2.05. The van der Waals surface area contributed by atoms with Crippen molar-refractivity contribution in [2.45, 2.75) is 38.9 Å². The first kappa shape index (κ1) is 10.6. The Hall–Kier alpha value is -0.930. The Morgan fingerprint density at radius 3 is 2.87 bits per heavy atom. The predicted octanol–water partition coefficient (Wildman–Crippen LogP) is 1.31. The van der Waals surface area contributed by atoms with E-state index in [1.165, 1.54) is 5.56 Å². The van der Waals surface area contributed by atoms with E-state index in [2.05, 4.69) is 35.9 Å². The Balaban J connectivity index is 2.00. The Morgan fingerprint density at radius 1 is 1.53 bits per heavy atom. The van der Waals surface area contributed by atoms with E-state index in [1.807, 2.05) is 6.20 Å². The van der Waals surface area contributed by atoms with Crippen LogP contribution < -0.4 is 5.73 Å². The highest BCUT2D eigenvalue weighted by molar-refractivity contribution is 5.12. The molecular weight excluding hydrogens is 186 g/mol. The number of rotatable bonds is 2. The summed E-state index contributed by atoms with van der Waals surface area (Å²) in [5, 5.41) is 0. The van der Waals surface area contributed by atoms with Crippen molar-refractivity contribution in [1.82, 2.24) is 9.88 Å². The molecule has 15 heavy (non-hydrogen) atoms. The highest BCUT2D eigenvalue weighted by atomic mass is 15.2. The van der Waals surface area contributed by atoms with Crippen molar-refractivity contribution in [3.05, 3.63) is 29.6 Å². The van der Waals surface area contributed by atoms with E-state index in [0.29, 0.717) is 12.1 Å². The van der Waals surface area contributed by atoms with Gasteiger partial charge in [0, 0.05) is 31.4 Å². The minimum absolute atomic E-state index is 0.329. The average Bonchev–Trinajstić information content (AvgIpc) is 2.53. The third-order valence-corrected chi connectivity index (χ3v) is 3.28. The first-order valence-corrected chi connectivity index (χ1v) is 5.58. The third kappa shape index (κ3) is 2.36. The highest BCUT2D eigenvalue weighted by Crippen LogP contribution is 2.17. The van der Waals surface area contributed by atoms with E-state index in [-0.39, 0.29) is 0 Å². The van der Waals surface area contributed by atoms with Gasteiger partial charge in [-0.05, 0) is 31.9 Å². The molecule has 0 aromatic carbocycles. The Labute approximate surface area is 91.3 Å². The van der Waals surface area contributed by atoms with Crippen molar-refractivity contribution in [3.63, 3.8) is 0 Å². The Bertz CT molecular complexity index is 320. The lowest BCUT2D eigenvalue weighted by atomic mass is 10.1. The van der Waals surface area contributed by atoms with Gasteiger partial charge in [0.2, 0.25) is 0 Å². The molecule has 1 aromatic heterocycles. The van der Waals surface area contributed by atoms with Crippen LogP contribution in [0.2, 0.25) is 0 Å². The number of aromatic nitrogens is 1. The van der Waals surface area contributed by atoms with Crippen LogP contribution in [-0.4, -0.2) is 28.5 Å². The van der Waals surface area contributed by atoms with Crippen molar-refractivity contribution < 1.29 is 0 Å². The van der Waals surface area contributed by atoms with E-state index in [0.717, 1.165) is 25.2 Å². The van der Waals surface area contributed by atoms with Gasteiger partial charge < -0.3 is 5.73 Å². The molecule has 2 unspecified atom stereocenters. The summed E-state index contributed by atoms with van der Waals surface area (Å²) in [6.07, 6.45) is 3.03. The maximum atomic E-state index is 5.98. The lowest BCUT2D eigenvalue weighted by Gasteiger charge is -2.22. The fraction of sp³-hybridized carbons (Fsp3) is 0.583. The van der Waals surface area contributed by atoms with Crippen molar-refractivity contribution >= 4 is 0 Å². The first-order chi connectivity index (χ1) is 7.16. The van der Waals surface area contributed by atoms with E-state index in [4.69, 9.17) is 5.73 Å². The van der Waals surface area contributed by atoms with Crippen LogP contribution in [0.4, 0.5) is 0 Å². The van der Waals surface area contributed by atoms with Gasteiger partial charge in [0.05, 0.1) is 5.69 Å². The molecule has 3 nitrogen and oxygen atoms in total. The molecule has 2 N–H and O–H groups in total. The molecule has 0 aliphatic carbocycles. The molecule has 0 spiro atoms. The number of hydrogen-bond donors (Lipinski definition) is 1. The minimum atomic E-state index is 0.329. The molecule has 2 atom stereocenters. The zero-order valence-corrected chi connectivity index (χ0v) is 9.48. The van der Waals surface area contributed by atoms with Crippen LogP contribution in [0.5, 0.6) is 0 Å². The summed E-state index contributed by atoms with van der Waals surface area (Å²) >= 11 is 0. The molecule has 0 amide bonds. The van der Waals surface area contributed by atoms with E-state index in [9.17, 15) is 0 Å². The second-order valence-electron chi connectivity index (χ2n) is 4.49. The van der Waals surface area contributed by atoms with Gasteiger partial charge >= 0.3 is 0 Å². The maximum absolute atomic E-state index is 5.98. The SMILES string of the molecule is Cc1ccc(CN2CCC(N)C2C)nc1. The molecule has 1 saturated heterocycles. The highest BCUT2D eigenvalue weighted by Gasteiger charge is 2.27. The number of nitrogens with zero attached hydrogens (tertiary/aromatic N) is 2. The maximum Gasteiger partial charge on any atom is 0.0544 e. The number of pyridine rings is 1. The topological polar surface area (TPSA) is 42.1 Å². The normalized spacial score (nSPS) is 27.1. The molecule has 2 rings (SSSR count). The Morgan fingerprint density at radius 2 is 2.33 bits per heavy atom. The average molecular weight is 205 g/mol. The predicted molar refractivity (Wildman–Crippen MR) is 61.4 cm³/mol. The van der Waals surface area contributed by atoms with Gasteiger partial charge in [0.1, 0.15) is 0 Å². The summed E-state index contributed by atoms with van der Waals surface area (Å²) in [6, 6.07) is 5.03. The summed E-state index contributed by atoms with van der Waals surface area (Å²) < 4.78 is 0. The third-order valence-electron chi connectivity index (χ3n) is 3.28. The second kappa shape index (κ2) is 4.29. The molecule has 82 valence electrons. The van der Waals surface area contributed by atoms with E-state index in [1.54, 1.807) is 0 Å². The number of hydrogen-bond acceptors (Lipinski definition) is 3. The Kier molecular flexibility index (Phi) is 3.03. The minimum Gasteiger partial charge on any atom is -0.326 e. The summed E-state index contributed by atoms with van der Waals surface area (Å²) in [4.78, 5) is 6.82. The van der Waals surface area contributed by atoms with Crippen LogP contribution in [0.3, 0.4) is 0 Å². The first-order valence-electron chi connectivity index (χ1n) is 5.58. The summed E-state index contributed by atoms with van der Waals surface area (Å²) in [7, 11) is 0. The molecule has 2 heterocycles. The number of nitrogens with two attached hydrogens (primary N) is 1. The van der Waals surface area contributed by atoms with Gasteiger partial charge in [-0.2, -0.15) is 0 Å². The van der Waals surface area contributed by atoms with Crippen LogP contribution in [-0.2, 0) is 6.54 Å². The second-order valence-corrected chi connectivity index (χ2v) is 4.49. The van der Waals surface area contributed by atoms with E-state index >= 15 is 0 Å². The number of aryl methyl sites for hydroxylation is 1. The van der Waals surface area contributed by atoms with Gasteiger partial charge in [0.25, 0.3) is 0 Å². The molecule has 1 fully saturated rings. The summed E-state index contributed by atoms with van der Waals surface area (Å²) in [6.45, 7) is 6.28. The molecule has 1 aliphatic heterocycles. The largest absolute Gasteiger partial charge is 0.326 e. The quantitative estimate of drug-likeness (QED) is 0.791. The fourth-order valence-electron chi connectivity index (χ4n) is 2.05. The molecule has 0 bridgehead atoms. The van der Waals surface area contributed by atoms with Gasteiger partial charge in [-0.15, -0.1) is 0 Å². The van der Waals surface area contributed by atoms with Crippen molar-refractivity contribution in [2.24, 2.45) is 5.73 Å². The molecule has 3 heteroatoms. The lowest BCUT2D eigenvalue weighted by molar-refractivity contribution is 0.249. The van der Waals surface area contributed by atoms with Gasteiger partial charge in [-0.3, -0.25) is 9.88 Å². The summed E-state index contributed by atoms with van der Waals surface area (Å²) in [5.74, 6) is 0. The standard InChI is InChI=1S/C12H19N3/c1-9-3-4-11(14-7-9)8-15-6-5-12(13)10(15)2/h3-4,7,10,12H,5-6,8,13H2,1-2H3. The number of likely N-dealkylation sites (tertiary alicyclic amines) is 1. The van der Waals surface area contributed by atoms with Gasteiger partial charge in [0.15, 0.2) is 0 Å². The zero-order chi connectivity index (χ0) is 10.8. The molecule has 1 aromatic rings. The van der Waals surface area contributed by atoms with Gasteiger partial charge in [-0.1, -0.05) is 6.07 Å². The van der Waals surface area contributed by atoms with Crippen LogP contribution in [0, 0.1) is 6.92 Å². The van der Waals surface area contributed by atoms with Crippen molar-refractivity contribution in [1.29, 1.82) is 0 Å². The van der Waals surface area contributed by atoms with Crippen LogP contribution in [0.1, 0.15) is 24.6 Å². The molecular formula is C12H19N3.